The number of nitrogens with zero attached hydrogens (tertiary/aromatic N) is 3. The van der Waals surface area contributed by atoms with Gasteiger partial charge in [0.25, 0.3) is 11.5 Å². The van der Waals surface area contributed by atoms with Crippen LogP contribution in [0.3, 0.4) is 0 Å². The summed E-state index contributed by atoms with van der Waals surface area (Å²) >= 11 is 6.28. The molecular formula is C27H24BrN3O4S2. The Labute approximate surface area is 230 Å². The highest BCUT2D eigenvalue weighted by atomic mass is 79.9. The van der Waals surface area contributed by atoms with Crippen molar-refractivity contribution in [2.45, 2.75) is 31.7 Å². The first-order chi connectivity index (χ1) is 17.8. The summed E-state index contributed by atoms with van der Waals surface area (Å²) in [6.07, 6.45) is 1.99. The summed E-state index contributed by atoms with van der Waals surface area (Å²) in [7, 11) is 0. The number of hydrogen-bond donors (Lipinski definition) is 0. The molecule has 1 amide bonds. The Balaban J connectivity index is 1.82. The Morgan fingerprint density at radius 3 is 2.54 bits per heavy atom. The molecule has 1 aromatic heterocycles. The maximum atomic E-state index is 14.1. The van der Waals surface area contributed by atoms with Crippen LogP contribution in [0.15, 0.2) is 72.9 Å². The smallest absolute Gasteiger partial charge is 0.338 e. The van der Waals surface area contributed by atoms with Gasteiger partial charge in [-0.15, -0.1) is 11.8 Å². The van der Waals surface area contributed by atoms with E-state index < -0.39 is 12.0 Å². The zero-order chi connectivity index (χ0) is 26.4. The predicted molar refractivity (Wildman–Crippen MR) is 150 cm³/mol. The van der Waals surface area contributed by atoms with Crippen molar-refractivity contribution >= 4 is 62.2 Å². The van der Waals surface area contributed by atoms with Crippen LogP contribution in [0.1, 0.15) is 37.9 Å². The van der Waals surface area contributed by atoms with E-state index in [9.17, 15) is 14.4 Å². The van der Waals surface area contributed by atoms with Crippen molar-refractivity contribution < 1.29 is 14.3 Å². The van der Waals surface area contributed by atoms with Gasteiger partial charge in [0.05, 0.1) is 35.2 Å². The number of thioether (sulfide) groups is 1. The standard InChI is InChI=1S/C27H24BrN3O4S2/c1-5-30-19-12-9-16(28)13-18(19)21(24(30)32)23-25(33)31-22(15-7-10-17(36-4)11-8-15)20(26(34)35-6-2)14(3)29-27(31)37-23/h7-13,22H,5-6H2,1-4H3/b23-21+/t22-/m0/s1. The van der Waals surface area contributed by atoms with Gasteiger partial charge in [-0.25, -0.2) is 9.79 Å². The number of aromatic nitrogens is 1. The number of hydrogen-bond acceptors (Lipinski definition) is 7. The lowest BCUT2D eigenvalue weighted by atomic mass is 9.96. The molecule has 0 fully saturated rings. The summed E-state index contributed by atoms with van der Waals surface area (Å²) in [6.45, 7) is 6.08. The van der Waals surface area contributed by atoms with Crippen molar-refractivity contribution in [3.8, 4) is 0 Å². The maximum absolute atomic E-state index is 14.1. The Bertz CT molecular complexity index is 1650. The van der Waals surface area contributed by atoms with Crippen LogP contribution in [0.5, 0.6) is 0 Å². The summed E-state index contributed by atoms with van der Waals surface area (Å²) in [6, 6.07) is 12.7. The average Bonchev–Trinajstić information content (AvgIpc) is 3.34. The molecule has 37 heavy (non-hydrogen) atoms. The molecule has 3 aromatic rings. The molecule has 0 spiro atoms. The molecule has 1 atom stereocenters. The van der Waals surface area contributed by atoms with Crippen LogP contribution in [0, 0.1) is 0 Å². The van der Waals surface area contributed by atoms with Gasteiger partial charge in [0.2, 0.25) is 0 Å². The number of rotatable bonds is 5. The minimum atomic E-state index is -0.721. The number of esters is 1. The first-order valence-corrected chi connectivity index (χ1v) is 14.6. The largest absolute Gasteiger partial charge is 0.463 e. The average molecular weight is 599 g/mol. The zero-order valence-electron chi connectivity index (χ0n) is 20.7. The lowest BCUT2D eigenvalue weighted by molar-refractivity contribution is -0.139. The number of anilines is 1. The number of carbonyl (C=O) groups is 2. The van der Waals surface area contributed by atoms with Crippen molar-refractivity contribution in [3.05, 3.63) is 89.0 Å². The van der Waals surface area contributed by atoms with Gasteiger partial charge in [-0.3, -0.25) is 14.2 Å². The van der Waals surface area contributed by atoms with E-state index >= 15 is 0 Å². The van der Waals surface area contributed by atoms with E-state index in [1.807, 2.05) is 55.6 Å². The molecule has 0 bridgehead atoms. The van der Waals surface area contributed by atoms with Crippen molar-refractivity contribution in [3.63, 3.8) is 0 Å². The molecule has 0 N–H and O–H groups in total. The molecule has 2 aliphatic rings. The summed E-state index contributed by atoms with van der Waals surface area (Å²) in [5.41, 5.74) is 3.05. The number of carbonyl (C=O) groups excluding carboxylic acids is 2. The molecule has 190 valence electrons. The molecular weight excluding hydrogens is 574 g/mol. The van der Waals surface area contributed by atoms with Gasteiger partial charge in [-0.05, 0) is 62.9 Å². The normalized spacial score (nSPS) is 18.0. The number of likely N-dealkylation sites (N-methyl/N-ethyl adjacent to an activating group) is 1. The topological polar surface area (TPSA) is 81.0 Å². The fourth-order valence-corrected chi connectivity index (χ4v) is 6.69. The Morgan fingerprint density at radius 2 is 1.89 bits per heavy atom. The Kier molecular flexibility index (Phi) is 6.99. The molecule has 3 heterocycles. The Hall–Kier alpha value is -2.95. The van der Waals surface area contributed by atoms with Crippen molar-refractivity contribution in [2.24, 2.45) is 4.99 Å². The molecule has 0 saturated heterocycles. The van der Waals surface area contributed by atoms with E-state index in [1.165, 1.54) is 15.9 Å². The highest BCUT2D eigenvalue weighted by molar-refractivity contribution is 9.10. The van der Waals surface area contributed by atoms with Gasteiger partial charge in [0.1, 0.15) is 4.53 Å². The summed E-state index contributed by atoms with van der Waals surface area (Å²) in [5.74, 6) is -0.730. The van der Waals surface area contributed by atoms with Gasteiger partial charge in [-0.1, -0.05) is 39.4 Å². The number of benzene rings is 2. The van der Waals surface area contributed by atoms with E-state index in [0.29, 0.717) is 38.3 Å². The third kappa shape index (κ3) is 4.20. The van der Waals surface area contributed by atoms with Crippen LogP contribution in [0.25, 0.3) is 5.57 Å². The van der Waals surface area contributed by atoms with Gasteiger partial charge in [-0.2, -0.15) is 0 Å². The number of ether oxygens (including phenoxy) is 1. The second-order valence-corrected chi connectivity index (χ2v) is 11.3. The number of fused-ring (bicyclic) bond motifs is 2. The van der Waals surface area contributed by atoms with E-state index in [2.05, 4.69) is 20.9 Å². The van der Waals surface area contributed by atoms with Crippen molar-refractivity contribution in [1.29, 1.82) is 0 Å². The SMILES string of the molecule is CCOC(=O)C1=C(C)N=c2s/c(=C3/C(=O)N(CC)c4ccc(Br)cc43)c(=O)n2[C@H]1c1ccc(SC)cc1. The number of allylic oxidation sites excluding steroid dienone is 1. The van der Waals surface area contributed by atoms with Crippen LogP contribution >= 0.6 is 39.0 Å². The third-order valence-corrected chi connectivity index (χ3v) is 8.74. The van der Waals surface area contributed by atoms with Crippen molar-refractivity contribution in [1.82, 2.24) is 4.57 Å². The highest BCUT2D eigenvalue weighted by Gasteiger charge is 2.37. The van der Waals surface area contributed by atoms with Crippen LogP contribution in [-0.4, -0.2) is 35.9 Å². The molecule has 5 rings (SSSR count). The molecule has 10 heteroatoms. The second-order valence-electron chi connectivity index (χ2n) is 8.48. The van der Waals surface area contributed by atoms with Gasteiger partial charge >= 0.3 is 5.97 Å². The van der Waals surface area contributed by atoms with E-state index in [-0.39, 0.29) is 18.1 Å². The molecule has 7 nitrogen and oxygen atoms in total. The van der Waals surface area contributed by atoms with Crippen LogP contribution in [0.4, 0.5) is 5.69 Å². The van der Waals surface area contributed by atoms with Crippen LogP contribution < -0.4 is 19.8 Å². The summed E-state index contributed by atoms with van der Waals surface area (Å²) in [5, 5.41) is 0. The van der Waals surface area contributed by atoms with E-state index in [4.69, 9.17) is 4.74 Å². The predicted octanol–water partition coefficient (Wildman–Crippen LogP) is 4.02. The zero-order valence-corrected chi connectivity index (χ0v) is 23.9. The third-order valence-electron chi connectivity index (χ3n) is 6.45. The van der Waals surface area contributed by atoms with Crippen LogP contribution in [-0.2, 0) is 14.3 Å². The van der Waals surface area contributed by atoms with Crippen LogP contribution in [0.2, 0.25) is 0 Å². The molecule has 0 unspecified atom stereocenters. The van der Waals surface area contributed by atoms with Gasteiger partial charge < -0.3 is 9.64 Å². The fraction of sp³-hybridized carbons (Fsp3) is 0.259. The minimum Gasteiger partial charge on any atom is -0.463 e. The monoisotopic (exact) mass is 597 g/mol. The van der Waals surface area contributed by atoms with E-state index in [0.717, 1.165) is 20.6 Å². The van der Waals surface area contributed by atoms with Gasteiger partial charge in [0.15, 0.2) is 4.80 Å². The molecule has 2 aromatic carbocycles. The maximum Gasteiger partial charge on any atom is 0.338 e. The second kappa shape index (κ2) is 10.1. The Morgan fingerprint density at radius 1 is 1.16 bits per heavy atom. The number of thiazole rings is 1. The summed E-state index contributed by atoms with van der Waals surface area (Å²) < 4.78 is 8.02. The molecule has 0 aliphatic carbocycles. The molecule has 2 aliphatic heterocycles. The lowest BCUT2D eigenvalue weighted by Gasteiger charge is -2.24. The quantitative estimate of drug-likeness (QED) is 0.328. The first kappa shape index (κ1) is 25.7. The number of halogens is 1. The lowest BCUT2D eigenvalue weighted by Crippen LogP contribution is -2.41. The summed E-state index contributed by atoms with van der Waals surface area (Å²) in [4.78, 5) is 48.6. The van der Waals surface area contributed by atoms with Gasteiger partial charge in [0, 0.05) is 21.5 Å². The first-order valence-electron chi connectivity index (χ1n) is 11.8. The molecule has 0 saturated carbocycles. The highest BCUT2D eigenvalue weighted by Crippen LogP contribution is 2.37. The minimum absolute atomic E-state index is 0.204. The van der Waals surface area contributed by atoms with Crippen molar-refractivity contribution in [2.75, 3.05) is 24.3 Å². The van der Waals surface area contributed by atoms with E-state index in [1.54, 1.807) is 30.5 Å². The fourth-order valence-electron chi connectivity index (χ4n) is 4.78. The number of amides is 1. The molecule has 0 radical (unpaired) electrons.